The zero-order chi connectivity index (χ0) is 11.5. The summed E-state index contributed by atoms with van der Waals surface area (Å²) in [6.07, 6.45) is 3.13. The molecule has 1 saturated heterocycles. The Morgan fingerprint density at radius 3 is 2.22 bits per heavy atom. The molecule has 2 N–H and O–H groups in total. The predicted molar refractivity (Wildman–Crippen MR) is 78.5 cm³/mol. The van der Waals surface area contributed by atoms with Gasteiger partial charge in [-0.25, -0.2) is 0 Å². The fraction of sp³-hybridized carbons (Fsp3) is 0.917. The van der Waals surface area contributed by atoms with Crippen molar-refractivity contribution in [1.82, 2.24) is 9.80 Å². The molecule has 18 heavy (non-hydrogen) atoms. The summed E-state index contributed by atoms with van der Waals surface area (Å²) in [5.41, 5.74) is 5.98. The second-order valence-corrected chi connectivity index (χ2v) is 4.96. The Balaban J connectivity index is 0.00000144. The molecule has 0 radical (unpaired) electrons. The summed E-state index contributed by atoms with van der Waals surface area (Å²) in [4.78, 5) is 16.6. The first-order valence-corrected chi connectivity index (χ1v) is 6.49. The Kier molecular flexibility index (Phi) is 8.19. The lowest BCUT2D eigenvalue weighted by Gasteiger charge is -2.36. The minimum absolute atomic E-state index is 0. The first-order chi connectivity index (χ1) is 7.72. The number of hydrogen-bond donors (Lipinski definition) is 1. The molecule has 1 aliphatic heterocycles. The molecule has 2 unspecified atom stereocenters. The monoisotopic (exact) mass is 297 g/mol. The highest BCUT2D eigenvalue weighted by Crippen LogP contribution is 2.26. The molecule has 2 fully saturated rings. The summed E-state index contributed by atoms with van der Waals surface area (Å²) in [7, 11) is 0. The summed E-state index contributed by atoms with van der Waals surface area (Å²) >= 11 is 0. The second kappa shape index (κ2) is 8.20. The van der Waals surface area contributed by atoms with Crippen molar-refractivity contribution >= 4 is 30.7 Å². The average molecular weight is 298 g/mol. The van der Waals surface area contributed by atoms with Gasteiger partial charge in [0.25, 0.3) is 0 Å². The number of hydrogen-bond acceptors (Lipinski definition) is 3. The number of amides is 1. The van der Waals surface area contributed by atoms with Crippen LogP contribution in [0.25, 0.3) is 0 Å². The first-order valence-electron chi connectivity index (χ1n) is 6.49. The van der Waals surface area contributed by atoms with E-state index in [2.05, 4.69) is 11.8 Å². The van der Waals surface area contributed by atoms with Crippen molar-refractivity contribution in [2.75, 3.05) is 32.7 Å². The summed E-state index contributed by atoms with van der Waals surface area (Å²) in [6.45, 7) is 7.07. The molecule has 108 valence electrons. The van der Waals surface area contributed by atoms with Gasteiger partial charge in [-0.2, -0.15) is 0 Å². The summed E-state index contributed by atoms with van der Waals surface area (Å²) < 4.78 is 0. The van der Waals surface area contributed by atoms with E-state index in [-0.39, 0.29) is 36.8 Å². The predicted octanol–water partition coefficient (Wildman–Crippen LogP) is 1.12. The van der Waals surface area contributed by atoms with E-state index in [4.69, 9.17) is 5.73 Å². The molecule has 1 saturated carbocycles. The van der Waals surface area contributed by atoms with Crippen LogP contribution in [0.1, 0.15) is 26.2 Å². The van der Waals surface area contributed by atoms with Crippen LogP contribution in [0.4, 0.5) is 0 Å². The van der Waals surface area contributed by atoms with Crippen molar-refractivity contribution in [3.8, 4) is 0 Å². The van der Waals surface area contributed by atoms with Gasteiger partial charge >= 0.3 is 0 Å². The van der Waals surface area contributed by atoms with E-state index in [1.165, 1.54) is 0 Å². The fourth-order valence-corrected chi connectivity index (χ4v) is 2.81. The quantitative estimate of drug-likeness (QED) is 0.831. The van der Waals surface area contributed by atoms with Crippen molar-refractivity contribution in [2.45, 2.75) is 32.2 Å². The minimum Gasteiger partial charge on any atom is -0.340 e. The van der Waals surface area contributed by atoms with Gasteiger partial charge in [0, 0.05) is 32.2 Å². The SMILES string of the molecule is CCN1CCN(C(=O)C2CCCC2N)CC1.Cl.Cl. The van der Waals surface area contributed by atoms with Gasteiger partial charge in [0.2, 0.25) is 5.91 Å². The standard InChI is InChI=1S/C12H23N3O.2ClH/c1-2-14-6-8-15(9-7-14)12(16)10-4-3-5-11(10)13;;/h10-11H,2-9,13H2,1H3;2*1H. The number of piperazine rings is 1. The van der Waals surface area contributed by atoms with E-state index in [9.17, 15) is 4.79 Å². The average Bonchev–Trinajstić information content (AvgIpc) is 2.75. The fourth-order valence-electron chi connectivity index (χ4n) is 2.81. The molecule has 0 bridgehead atoms. The highest BCUT2D eigenvalue weighted by Gasteiger charge is 2.34. The number of nitrogens with two attached hydrogens (primary N) is 1. The van der Waals surface area contributed by atoms with Crippen molar-refractivity contribution < 1.29 is 4.79 Å². The molecule has 2 atom stereocenters. The van der Waals surface area contributed by atoms with Crippen LogP contribution in [-0.4, -0.2) is 54.5 Å². The third-order valence-electron chi connectivity index (χ3n) is 4.02. The number of carbonyl (C=O) groups excluding carboxylic acids is 1. The Labute approximate surface area is 122 Å². The molecule has 0 aromatic heterocycles. The number of nitrogens with zero attached hydrogens (tertiary/aromatic N) is 2. The summed E-state index contributed by atoms with van der Waals surface area (Å²) in [5, 5.41) is 0. The Hall–Kier alpha value is -0.0300. The van der Waals surface area contributed by atoms with Crippen LogP contribution in [0, 0.1) is 5.92 Å². The topological polar surface area (TPSA) is 49.6 Å². The van der Waals surface area contributed by atoms with E-state index >= 15 is 0 Å². The molecule has 0 aromatic carbocycles. The second-order valence-electron chi connectivity index (χ2n) is 4.96. The van der Waals surface area contributed by atoms with Gasteiger partial charge in [-0.1, -0.05) is 13.3 Å². The van der Waals surface area contributed by atoms with Gasteiger partial charge < -0.3 is 15.5 Å². The molecule has 2 aliphatic rings. The summed E-state index contributed by atoms with van der Waals surface area (Å²) in [5.74, 6) is 0.411. The van der Waals surface area contributed by atoms with Gasteiger partial charge in [-0.3, -0.25) is 4.79 Å². The maximum absolute atomic E-state index is 12.2. The van der Waals surface area contributed by atoms with Crippen LogP contribution in [0.2, 0.25) is 0 Å². The van der Waals surface area contributed by atoms with Crippen LogP contribution in [0.5, 0.6) is 0 Å². The largest absolute Gasteiger partial charge is 0.340 e. The van der Waals surface area contributed by atoms with E-state index in [1.807, 2.05) is 4.90 Å². The normalized spacial score (nSPS) is 28.4. The lowest BCUT2D eigenvalue weighted by Crippen LogP contribution is -2.51. The molecule has 1 amide bonds. The van der Waals surface area contributed by atoms with Gasteiger partial charge in [0.05, 0.1) is 5.92 Å². The number of rotatable bonds is 2. The Bertz CT molecular complexity index is 258. The number of halogens is 2. The van der Waals surface area contributed by atoms with Crippen LogP contribution in [0.3, 0.4) is 0 Å². The molecular formula is C12H25Cl2N3O. The molecule has 4 nitrogen and oxygen atoms in total. The first kappa shape index (κ1) is 18.0. The third kappa shape index (κ3) is 3.98. The van der Waals surface area contributed by atoms with Gasteiger partial charge in [0.15, 0.2) is 0 Å². The van der Waals surface area contributed by atoms with Gasteiger partial charge in [0.1, 0.15) is 0 Å². The maximum Gasteiger partial charge on any atom is 0.227 e. The zero-order valence-corrected chi connectivity index (χ0v) is 12.6. The van der Waals surface area contributed by atoms with Crippen LogP contribution >= 0.6 is 24.8 Å². The van der Waals surface area contributed by atoms with Crippen LogP contribution in [-0.2, 0) is 4.79 Å². The maximum atomic E-state index is 12.2. The minimum atomic E-state index is 0. The van der Waals surface area contributed by atoms with Crippen molar-refractivity contribution in [3.63, 3.8) is 0 Å². The molecule has 6 heteroatoms. The van der Waals surface area contributed by atoms with Crippen LogP contribution in [0.15, 0.2) is 0 Å². The number of likely N-dealkylation sites (N-methyl/N-ethyl adjacent to an activating group) is 1. The lowest BCUT2D eigenvalue weighted by atomic mass is 10.0. The van der Waals surface area contributed by atoms with Crippen molar-refractivity contribution in [3.05, 3.63) is 0 Å². The molecule has 0 aromatic rings. The molecule has 1 aliphatic carbocycles. The van der Waals surface area contributed by atoms with E-state index in [0.717, 1.165) is 52.0 Å². The van der Waals surface area contributed by atoms with E-state index in [1.54, 1.807) is 0 Å². The molecule has 1 heterocycles. The van der Waals surface area contributed by atoms with E-state index in [0.29, 0.717) is 5.91 Å². The van der Waals surface area contributed by atoms with Crippen molar-refractivity contribution in [2.24, 2.45) is 11.7 Å². The smallest absolute Gasteiger partial charge is 0.227 e. The third-order valence-corrected chi connectivity index (χ3v) is 4.02. The Morgan fingerprint density at radius 1 is 1.17 bits per heavy atom. The highest BCUT2D eigenvalue weighted by atomic mass is 35.5. The molecule has 0 spiro atoms. The Morgan fingerprint density at radius 2 is 1.78 bits per heavy atom. The van der Waals surface area contributed by atoms with Gasteiger partial charge in [-0.05, 0) is 19.4 Å². The highest BCUT2D eigenvalue weighted by molar-refractivity contribution is 5.85. The zero-order valence-electron chi connectivity index (χ0n) is 11.0. The number of carbonyl (C=O) groups is 1. The van der Waals surface area contributed by atoms with Crippen molar-refractivity contribution in [1.29, 1.82) is 0 Å². The van der Waals surface area contributed by atoms with Gasteiger partial charge in [-0.15, -0.1) is 24.8 Å². The van der Waals surface area contributed by atoms with Crippen LogP contribution < -0.4 is 5.73 Å². The molecular weight excluding hydrogens is 273 g/mol. The lowest BCUT2D eigenvalue weighted by molar-refractivity contribution is -0.137. The molecule has 2 rings (SSSR count). The summed E-state index contributed by atoms with van der Waals surface area (Å²) in [6, 6.07) is 0.108. The van der Waals surface area contributed by atoms with E-state index < -0.39 is 0 Å².